The first kappa shape index (κ1) is 22.1. The molecule has 0 amide bonds. The van der Waals surface area contributed by atoms with Gasteiger partial charge in [0.05, 0.1) is 29.6 Å². The van der Waals surface area contributed by atoms with E-state index in [1.54, 1.807) is 42.5 Å². The van der Waals surface area contributed by atoms with Crippen LogP contribution < -0.4 is 14.9 Å². The summed E-state index contributed by atoms with van der Waals surface area (Å²) in [6, 6.07) is 16.6. The van der Waals surface area contributed by atoms with Gasteiger partial charge in [-0.3, -0.25) is 20.3 Å². The van der Waals surface area contributed by atoms with E-state index in [1.807, 2.05) is 0 Å². The quantitative estimate of drug-likeness (QED) is 0.290. The summed E-state index contributed by atoms with van der Waals surface area (Å²) >= 11 is 5.84. The van der Waals surface area contributed by atoms with Gasteiger partial charge in [-0.25, -0.2) is 8.42 Å². The Hall–Kier alpha value is -3.63. The SMILES string of the molecule is COc1ccccc1NS(=O)(=O)c1cc([N+](=O)[O-])ccc1N/N=C/c1ccc(Cl)cc1. The number of nitro benzene ring substituents is 1. The lowest BCUT2D eigenvalue weighted by Gasteiger charge is -2.14. The van der Waals surface area contributed by atoms with Gasteiger partial charge < -0.3 is 4.74 Å². The van der Waals surface area contributed by atoms with Crippen LogP contribution in [0.3, 0.4) is 0 Å². The lowest BCUT2D eigenvalue weighted by Crippen LogP contribution is -2.15. The van der Waals surface area contributed by atoms with Crippen LogP contribution in [-0.4, -0.2) is 26.7 Å². The van der Waals surface area contributed by atoms with Crippen LogP contribution in [0.1, 0.15) is 5.56 Å². The van der Waals surface area contributed by atoms with Gasteiger partial charge in [0.2, 0.25) is 0 Å². The number of halogens is 1. The summed E-state index contributed by atoms with van der Waals surface area (Å²) in [4.78, 5) is 10.2. The van der Waals surface area contributed by atoms with E-state index in [0.717, 1.165) is 11.6 Å². The normalized spacial score (nSPS) is 11.3. The van der Waals surface area contributed by atoms with Crippen LogP contribution in [0.5, 0.6) is 5.75 Å². The summed E-state index contributed by atoms with van der Waals surface area (Å²) in [6.07, 6.45) is 1.46. The van der Waals surface area contributed by atoms with Gasteiger partial charge in [-0.1, -0.05) is 35.9 Å². The first-order valence-electron chi connectivity index (χ1n) is 8.79. The maximum absolute atomic E-state index is 13.0. The average molecular weight is 461 g/mol. The van der Waals surface area contributed by atoms with Crippen molar-refractivity contribution in [2.45, 2.75) is 4.90 Å². The van der Waals surface area contributed by atoms with Crippen LogP contribution in [0.2, 0.25) is 5.02 Å². The molecule has 0 radical (unpaired) electrons. The highest BCUT2D eigenvalue weighted by atomic mass is 35.5. The molecule has 2 N–H and O–H groups in total. The molecule has 0 saturated carbocycles. The number of ether oxygens (including phenoxy) is 1. The van der Waals surface area contributed by atoms with Crippen molar-refractivity contribution in [3.05, 3.63) is 87.4 Å². The number of non-ortho nitro benzene ring substituents is 1. The van der Waals surface area contributed by atoms with Crippen molar-refractivity contribution in [3.63, 3.8) is 0 Å². The molecule has 0 fully saturated rings. The molecule has 0 saturated heterocycles. The average Bonchev–Trinajstić information content (AvgIpc) is 2.75. The molecule has 0 spiro atoms. The molecule has 11 heteroatoms. The second-order valence-electron chi connectivity index (χ2n) is 6.16. The van der Waals surface area contributed by atoms with E-state index in [0.29, 0.717) is 10.8 Å². The Morgan fingerprint density at radius 3 is 2.45 bits per heavy atom. The van der Waals surface area contributed by atoms with E-state index >= 15 is 0 Å². The van der Waals surface area contributed by atoms with Gasteiger partial charge in [0.15, 0.2) is 0 Å². The zero-order valence-corrected chi connectivity index (χ0v) is 17.7. The first-order valence-corrected chi connectivity index (χ1v) is 10.7. The van der Waals surface area contributed by atoms with Gasteiger partial charge in [0.25, 0.3) is 15.7 Å². The number of methoxy groups -OCH3 is 1. The molecule has 0 aliphatic heterocycles. The largest absolute Gasteiger partial charge is 0.495 e. The predicted octanol–water partition coefficient (Wildman–Crippen LogP) is 4.50. The molecule has 0 atom stereocenters. The monoisotopic (exact) mass is 460 g/mol. The molecule has 0 unspecified atom stereocenters. The van der Waals surface area contributed by atoms with Crippen LogP contribution in [0.25, 0.3) is 0 Å². The lowest BCUT2D eigenvalue weighted by atomic mass is 10.2. The van der Waals surface area contributed by atoms with E-state index in [2.05, 4.69) is 15.2 Å². The van der Waals surface area contributed by atoms with E-state index in [1.165, 1.54) is 31.5 Å². The molecule has 0 aromatic heterocycles. The Kier molecular flexibility index (Phi) is 6.73. The van der Waals surface area contributed by atoms with E-state index in [9.17, 15) is 18.5 Å². The lowest BCUT2D eigenvalue weighted by molar-refractivity contribution is -0.385. The minimum atomic E-state index is -4.22. The fraction of sp³-hybridized carbons (Fsp3) is 0.0500. The Morgan fingerprint density at radius 1 is 1.06 bits per heavy atom. The Balaban J connectivity index is 1.95. The standard InChI is InChI=1S/C20H17ClN4O5S/c1-30-19-5-3-2-4-17(19)24-31(28,29)20-12-16(25(26)27)10-11-18(20)23-22-13-14-6-8-15(21)9-7-14/h2-13,23-24H,1H3/b22-13+. The van der Waals surface area contributed by atoms with Crippen LogP contribution in [0.15, 0.2) is 76.7 Å². The molecule has 160 valence electrons. The Labute approximate surface area is 183 Å². The number of hydrogen-bond acceptors (Lipinski definition) is 7. The van der Waals surface area contributed by atoms with Crippen molar-refractivity contribution >= 4 is 44.9 Å². The zero-order chi connectivity index (χ0) is 22.4. The number of anilines is 2. The third-order valence-corrected chi connectivity index (χ3v) is 5.74. The van der Waals surface area contributed by atoms with Crippen molar-refractivity contribution in [1.82, 2.24) is 0 Å². The van der Waals surface area contributed by atoms with Crippen LogP contribution in [-0.2, 0) is 10.0 Å². The molecule has 3 aromatic carbocycles. The summed E-state index contributed by atoms with van der Waals surface area (Å²) in [7, 11) is -2.82. The van der Waals surface area contributed by atoms with Crippen molar-refractivity contribution in [1.29, 1.82) is 0 Å². The number of nitrogens with one attached hydrogen (secondary N) is 2. The summed E-state index contributed by atoms with van der Waals surface area (Å²) in [6.45, 7) is 0. The maximum atomic E-state index is 13.0. The third kappa shape index (κ3) is 5.50. The van der Waals surface area contributed by atoms with Crippen molar-refractivity contribution < 1.29 is 18.1 Å². The fourth-order valence-electron chi connectivity index (χ4n) is 2.59. The number of sulfonamides is 1. The van der Waals surface area contributed by atoms with Gasteiger partial charge >= 0.3 is 0 Å². The molecule has 3 aromatic rings. The van der Waals surface area contributed by atoms with Gasteiger partial charge in [-0.2, -0.15) is 5.10 Å². The van der Waals surface area contributed by atoms with Crippen LogP contribution >= 0.6 is 11.6 Å². The van der Waals surface area contributed by atoms with Crippen LogP contribution in [0.4, 0.5) is 17.1 Å². The van der Waals surface area contributed by atoms with E-state index in [4.69, 9.17) is 16.3 Å². The topological polar surface area (TPSA) is 123 Å². The predicted molar refractivity (Wildman–Crippen MR) is 120 cm³/mol. The molecular weight excluding hydrogens is 444 g/mol. The van der Waals surface area contributed by atoms with Crippen molar-refractivity contribution in [2.24, 2.45) is 5.10 Å². The van der Waals surface area contributed by atoms with Gasteiger partial charge in [-0.05, 0) is 35.9 Å². The minimum absolute atomic E-state index is 0.0539. The minimum Gasteiger partial charge on any atom is -0.495 e. The highest BCUT2D eigenvalue weighted by Crippen LogP contribution is 2.31. The second kappa shape index (κ2) is 9.45. The number of para-hydroxylation sites is 2. The highest BCUT2D eigenvalue weighted by Gasteiger charge is 2.23. The van der Waals surface area contributed by atoms with Crippen molar-refractivity contribution in [2.75, 3.05) is 17.3 Å². The maximum Gasteiger partial charge on any atom is 0.270 e. The number of nitrogens with zero attached hydrogens (tertiary/aromatic N) is 2. The van der Waals surface area contributed by atoms with E-state index in [-0.39, 0.29) is 22.0 Å². The number of benzene rings is 3. The molecule has 9 nitrogen and oxygen atoms in total. The van der Waals surface area contributed by atoms with Gasteiger partial charge in [0, 0.05) is 17.2 Å². The molecule has 0 aliphatic rings. The highest BCUT2D eigenvalue weighted by molar-refractivity contribution is 7.93. The summed E-state index contributed by atoms with van der Waals surface area (Å²) < 4.78 is 33.6. The number of rotatable bonds is 8. The number of hydrogen-bond donors (Lipinski definition) is 2. The summed E-state index contributed by atoms with van der Waals surface area (Å²) in [5.74, 6) is 0.298. The zero-order valence-electron chi connectivity index (χ0n) is 16.2. The van der Waals surface area contributed by atoms with E-state index < -0.39 is 14.9 Å². The second-order valence-corrected chi connectivity index (χ2v) is 8.25. The number of hydrazone groups is 1. The summed E-state index contributed by atoms with van der Waals surface area (Å²) in [5.41, 5.74) is 3.20. The Bertz CT molecular complexity index is 1230. The molecule has 0 heterocycles. The first-order chi connectivity index (χ1) is 14.8. The molecule has 31 heavy (non-hydrogen) atoms. The van der Waals surface area contributed by atoms with Gasteiger partial charge in [0.1, 0.15) is 10.6 Å². The van der Waals surface area contributed by atoms with Crippen LogP contribution in [0, 0.1) is 10.1 Å². The number of nitro groups is 1. The Morgan fingerprint density at radius 2 is 1.77 bits per heavy atom. The van der Waals surface area contributed by atoms with Crippen molar-refractivity contribution in [3.8, 4) is 5.75 Å². The third-order valence-electron chi connectivity index (χ3n) is 4.09. The fourth-order valence-corrected chi connectivity index (χ4v) is 3.97. The smallest absolute Gasteiger partial charge is 0.270 e. The molecular formula is C20H17ClN4O5S. The summed E-state index contributed by atoms with van der Waals surface area (Å²) in [5, 5.41) is 15.8. The molecule has 0 bridgehead atoms. The molecule has 0 aliphatic carbocycles. The molecule has 3 rings (SSSR count). The van der Waals surface area contributed by atoms with Gasteiger partial charge in [-0.15, -0.1) is 0 Å².